The van der Waals surface area contributed by atoms with Crippen molar-refractivity contribution in [1.29, 1.82) is 0 Å². The largest absolute Gasteiger partial charge is 0.332 e. The van der Waals surface area contributed by atoms with E-state index in [0.29, 0.717) is 42.8 Å². The Hall–Kier alpha value is -2.18. The van der Waals surface area contributed by atoms with Crippen molar-refractivity contribution in [3.05, 3.63) is 17.1 Å². The minimum absolute atomic E-state index is 0.240. The van der Waals surface area contributed by atoms with Gasteiger partial charge in [-0.05, 0) is 18.8 Å². The molecule has 7 nitrogen and oxygen atoms in total. The van der Waals surface area contributed by atoms with Gasteiger partial charge in [-0.15, -0.1) is 0 Å². The second kappa shape index (κ2) is 4.93. The van der Waals surface area contributed by atoms with Gasteiger partial charge in [-0.25, -0.2) is 0 Å². The van der Waals surface area contributed by atoms with Crippen molar-refractivity contribution < 1.29 is 9.32 Å². The Morgan fingerprint density at radius 1 is 1.36 bits per heavy atom. The summed E-state index contributed by atoms with van der Waals surface area (Å²) in [5, 5.41) is 8.43. The van der Waals surface area contributed by atoms with Gasteiger partial charge in [0, 0.05) is 25.5 Å². The summed E-state index contributed by atoms with van der Waals surface area (Å²) in [7, 11) is 1.90. The maximum atomic E-state index is 12.3. The van der Waals surface area contributed by atoms with E-state index in [4.69, 9.17) is 4.52 Å². The molecule has 2 aromatic rings. The molecule has 0 atom stereocenters. The van der Waals surface area contributed by atoms with Gasteiger partial charge in [0.15, 0.2) is 11.5 Å². The van der Waals surface area contributed by atoms with Gasteiger partial charge in [-0.3, -0.25) is 9.48 Å². The van der Waals surface area contributed by atoms with Crippen molar-refractivity contribution in [3.8, 4) is 11.6 Å². The lowest BCUT2D eigenvalue weighted by atomic mass is 10.2. The van der Waals surface area contributed by atoms with Crippen LogP contribution in [-0.2, 0) is 31.4 Å². The fourth-order valence-electron chi connectivity index (χ4n) is 2.93. The van der Waals surface area contributed by atoms with Crippen molar-refractivity contribution in [1.82, 2.24) is 24.8 Å². The molecule has 0 unspecified atom stereocenters. The summed E-state index contributed by atoms with van der Waals surface area (Å²) in [6, 6.07) is 0. The Kier molecular flexibility index (Phi) is 3.02. The quantitative estimate of drug-likeness (QED) is 0.858. The van der Waals surface area contributed by atoms with Gasteiger partial charge in [0.2, 0.25) is 5.91 Å². The summed E-state index contributed by atoms with van der Waals surface area (Å²) >= 11 is 0. The molecule has 1 aliphatic carbocycles. The Bertz CT molecular complexity index is 728. The van der Waals surface area contributed by atoms with E-state index >= 15 is 0 Å². The average molecular weight is 301 g/mol. The first-order valence-corrected chi connectivity index (χ1v) is 7.81. The zero-order valence-corrected chi connectivity index (χ0v) is 12.9. The third kappa shape index (κ3) is 2.20. The third-order valence-electron chi connectivity index (χ3n) is 4.46. The number of fused-ring (bicyclic) bond motifs is 1. The van der Waals surface area contributed by atoms with Crippen LogP contribution in [0.2, 0.25) is 0 Å². The molecule has 1 aliphatic heterocycles. The number of aryl methyl sites for hydroxylation is 2. The highest BCUT2D eigenvalue weighted by atomic mass is 16.5. The fraction of sp³-hybridized carbons (Fsp3) is 0.600. The fourth-order valence-corrected chi connectivity index (χ4v) is 2.93. The highest BCUT2D eigenvalue weighted by Gasteiger charge is 2.34. The second-order valence-electron chi connectivity index (χ2n) is 6.16. The van der Waals surface area contributed by atoms with Crippen LogP contribution in [0.15, 0.2) is 4.52 Å². The van der Waals surface area contributed by atoms with Crippen LogP contribution in [0.5, 0.6) is 0 Å². The Balaban J connectivity index is 1.60. The highest BCUT2D eigenvalue weighted by molar-refractivity contribution is 5.78. The molecule has 0 bridgehead atoms. The van der Waals surface area contributed by atoms with E-state index in [-0.39, 0.29) is 5.91 Å². The summed E-state index contributed by atoms with van der Waals surface area (Å²) in [5.74, 6) is 1.97. The summed E-state index contributed by atoms with van der Waals surface area (Å²) in [4.78, 5) is 18.6. The van der Waals surface area contributed by atoms with Crippen LogP contribution >= 0.6 is 0 Å². The standard InChI is InChI=1S/C15H19N5O2/c1-3-12-16-15(22-18-12)14-10-7-20(8-11(10)19(2)17-14)13(21)6-9-4-5-9/h9H,3-8H2,1-2H3. The van der Waals surface area contributed by atoms with Crippen LogP contribution in [0.4, 0.5) is 0 Å². The molecule has 7 heteroatoms. The number of carbonyl (C=O) groups is 1. The van der Waals surface area contributed by atoms with E-state index in [1.807, 2.05) is 23.6 Å². The highest BCUT2D eigenvalue weighted by Crippen LogP contribution is 2.36. The van der Waals surface area contributed by atoms with Crippen molar-refractivity contribution in [2.24, 2.45) is 13.0 Å². The van der Waals surface area contributed by atoms with Crippen LogP contribution in [0, 0.1) is 5.92 Å². The van der Waals surface area contributed by atoms with Crippen LogP contribution < -0.4 is 0 Å². The number of rotatable bonds is 4. The summed E-state index contributed by atoms with van der Waals surface area (Å²) in [5.41, 5.74) is 2.82. The van der Waals surface area contributed by atoms with E-state index in [0.717, 1.165) is 17.7 Å². The minimum atomic E-state index is 0.240. The molecule has 0 aromatic carbocycles. The zero-order valence-electron chi connectivity index (χ0n) is 12.9. The molecule has 2 aliphatic rings. The van der Waals surface area contributed by atoms with E-state index in [1.54, 1.807) is 0 Å². The first-order valence-electron chi connectivity index (χ1n) is 7.81. The number of aromatic nitrogens is 4. The van der Waals surface area contributed by atoms with Crippen molar-refractivity contribution in [3.63, 3.8) is 0 Å². The molecule has 1 amide bonds. The maximum Gasteiger partial charge on any atom is 0.278 e. The monoisotopic (exact) mass is 301 g/mol. The van der Waals surface area contributed by atoms with Crippen LogP contribution in [-0.4, -0.2) is 30.7 Å². The van der Waals surface area contributed by atoms with Gasteiger partial charge < -0.3 is 9.42 Å². The zero-order chi connectivity index (χ0) is 15.3. The van der Waals surface area contributed by atoms with Crippen LogP contribution in [0.3, 0.4) is 0 Å². The lowest BCUT2D eigenvalue weighted by molar-refractivity contribution is -0.132. The molecule has 2 aromatic heterocycles. The molecule has 116 valence electrons. The van der Waals surface area contributed by atoms with E-state index < -0.39 is 0 Å². The number of carbonyl (C=O) groups excluding carboxylic acids is 1. The number of nitrogens with zero attached hydrogens (tertiary/aromatic N) is 5. The molecule has 4 rings (SSSR count). The lowest BCUT2D eigenvalue weighted by Gasteiger charge is -2.15. The van der Waals surface area contributed by atoms with Crippen molar-refractivity contribution >= 4 is 5.91 Å². The molecule has 1 saturated carbocycles. The van der Waals surface area contributed by atoms with Crippen molar-refractivity contribution in [2.45, 2.75) is 45.7 Å². The molecule has 0 spiro atoms. The summed E-state index contributed by atoms with van der Waals surface area (Å²) < 4.78 is 7.13. The average Bonchev–Trinajstić information content (AvgIpc) is 2.95. The molecular weight excluding hydrogens is 282 g/mol. The molecule has 0 radical (unpaired) electrons. The summed E-state index contributed by atoms with van der Waals surface area (Å²) in [6.45, 7) is 3.20. The number of hydrogen-bond donors (Lipinski definition) is 0. The second-order valence-corrected chi connectivity index (χ2v) is 6.16. The third-order valence-corrected chi connectivity index (χ3v) is 4.46. The predicted octanol–water partition coefficient (Wildman–Crippen LogP) is 1.67. The SMILES string of the molecule is CCc1noc(-c2nn(C)c3c2CN(C(=O)CC2CC2)C3)n1. The van der Waals surface area contributed by atoms with E-state index in [2.05, 4.69) is 15.2 Å². The molecular formula is C15H19N5O2. The van der Waals surface area contributed by atoms with E-state index in [1.165, 1.54) is 12.8 Å². The normalized spacial score (nSPS) is 17.1. The topological polar surface area (TPSA) is 77.0 Å². The predicted molar refractivity (Wildman–Crippen MR) is 77.5 cm³/mol. The van der Waals surface area contributed by atoms with Gasteiger partial charge in [-0.1, -0.05) is 12.1 Å². The van der Waals surface area contributed by atoms with E-state index in [9.17, 15) is 4.79 Å². The van der Waals surface area contributed by atoms with Gasteiger partial charge in [0.1, 0.15) is 0 Å². The van der Waals surface area contributed by atoms with Gasteiger partial charge in [0.25, 0.3) is 5.89 Å². The first-order chi connectivity index (χ1) is 10.7. The Morgan fingerprint density at radius 2 is 2.18 bits per heavy atom. The molecule has 0 N–H and O–H groups in total. The number of hydrogen-bond acceptors (Lipinski definition) is 5. The molecule has 22 heavy (non-hydrogen) atoms. The van der Waals surface area contributed by atoms with Crippen LogP contribution in [0.25, 0.3) is 11.6 Å². The Morgan fingerprint density at radius 3 is 2.86 bits per heavy atom. The van der Waals surface area contributed by atoms with Crippen LogP contribution in [0.1, 0.15) is 43.3 Å². The maximum absolute atomic E-state index is 12.3. The lowest BCUT2D eigenvalue weighted by Crippen LogP contribution is -2.26. The molecule has 0 saturated heterocycles. The van der Waals surface area contributed by atoms with Gasteiger partial charge in [-0.2, -0.15) is 10.1 Å². The molecule has 1 fully saturated rings. The number of amides is 1. The minimum Gasteiger partial charge on any atom is -0.332 e. The van der Waals surface area contributed by atoms with Gasteiger partial charge in [0.05, 0.1) is 18.8 Å². The summed E-state index contributed by atoms with van der Waals surface area (Å²) in [6.07, 6.45) is 3.80. The first kappa shape index (κ1) is 13.5. The van der Waals surface area contributed by atoms with Gasteiger partial charge >= 0.3 is 0 Å². The van der Waals surface area contributed by atoms with Crippen molar-refractivity contribution in [2.75, 3.05) is 0 Å². The Labute approximate surface area is 128 Å². The smallest absolute Gasteiger partial charge is 0.278 e. The molecule has 3 heterocycles.